The van der Waals surface area contributed by atoms with Crippen molar-refractivity contribution in [3.8, 4) is 0 Å². The Labute approximate surface area is 135 Å². The maximum absolute atomic E-state index is 13.4. The molecule has 1 aromatic carbocycles. The zero-order valence-corrected chi connectivity index (χ0v) is 13.3. The zero-order valence-electron chi connectivity index (χ0n) is 13.3. The van der Waals surface area contributed by atoms with Crippen molar-refractivity contribution in [1.82, 2.24) is 9.80 Å². The van der Waals surface area contributed by atoms with Gasteiger partial charge in [-0.25, -0.2) is 8.78 Å². The standard InChI is InChI=1S/C17H22F2N2O2/c1-12(17(22)20-6-2-3-7-20)21-8-9-23-16(11-21)13-4-5-14(18)15(19)10-13/h4-5,10,12,16H,2-3,6-9,11H2,1H3. The quantitative estimate of drug-likeness (QED) is 0.856. The number of likely N-dealkylation sites (tertiary alicyclic amines) is 1. The monoisotopic (exact) mass is 324 g/mol. The second-order valence-corrected chi connectivity index (χ2v) is 6.24. The van der Waals surface area contributed by atoms with E-state index in [2.05, 4.69) is 4.90 Å². The highest BCUT2D eigenvalue weighted by Gasteiger charge is 2.32. The van der Waals surface area contributed by atoms with Crippen LogP contribution in [0.1, 0.15) is 31.4 Å². The fraction of sp³-hybridized carbons (Fsp3) is 0.588. The van der Waals surface area contributed by atoms with Crippen molar-refractivity contribution in [1.29, 1.82) is 0 Å². The molecule has 3 rings (SSSR count). The molecule has 0 saturated carbocycles. The Morgan fingerprint density at radius 2 is 1.96 bits per heavy atom. The van der Waals surface area contributed by atoms with Crippen LogP contribution in [0.4, 0.5) is 8.78 Å². The molecule has 0 aromatic heterocycles. The van der Waals surface area contributed by atoms with Crippen LogP contribution in [0, 0.1) is 11.6 Å². The number of nitrogens with zero attached hydrogens (tertiary/aromatic N) is 2. The van der Waals surface area contributed by atoms with E-state index in [0.717, 1.165) is 32.0 Å². The lowest BCUT2D eigenvalue weighted by atomic mass is 10.1. The summed E-state index contributed by atoms with van der Waals surface area (Å²) in [6.07, 6.45) is 1.80. The van der Waals surface area contributed by atoms with Gasteiger partial charge in [-0.3, -0.25) is 9.69 Å². The highest BCUT2D eigenvalue weighted by atomic mass is 19.2. The van der Waals surface area contributed by atoms with Gasteiger partial charge in [0.15, 0.2) is 11.6 Å². The van der Waals surface area contributed by atoms with Crippen molar-refractivity contribution < 1.29 is 18.3 Å². The van der Waals surface area contributed by atoms with Gasteiger partial charge in [-0.05, 0) is 37.5 Å². The van der Waals surface area contributed by atoms with Gasteiger partial charge in [0.1, 0.15) is 0 Å². The normalized spacial score (nSPS) is 24.0. The van der Waals surface area contributed by atoms with E-state index in [0.29, 0.717) is 25.3 Å². The van der Waals surface area contributed by atoms with E-state index in [4.69, 9.17) is 4.74 Å². The highest BCUT2D eigenvalue weighted by molar-refractivity contribution is 5.81. The van der Waals surface area contributed by atoms with Crippen LogP contribution in [0.25, 0.3) is 0 Å². The summed E-state index contributed by atoms with van der Waals surface area (Å²) in [4.78, 5) is 16.5. The van der Waals surface area contributed by atoms with E-state index in [9.17, 15) is 13.6 Å². The second-order valence-electron chi connectivity index (χ2n) is 6.24. The molecule has 0 bridgehead atoms. The third kappa shape index (κ3) is 3.53. The van der Waals surface area contributed by atoms with Crippen molar-refractivity contribution in [2.45, 2.75) is 31.9 Å². The lowest BCUT2D eigenvalue weighted by molar-refractivity contribution is -0.138. The summed E-state index contributed by atoms with van der Waals surface area (Å²) < 4.78 is 32.2. The number of carbonyl (C=O) groups excluding carboxylic acids is 1. The van der Waals surface area contributed by atoms with E-state index in [1.54, 1.807) is 6.07 Å². The SMILES string of the molecule is CC(C(=O)N1CCCC1)N1CCOC(c2ccc(F)c(F)c2)C1. The molecular formula is C17H22F2N2O2. The summed E-state index contributed by atoms with van der Waals surface area (Å²) in [5, 5.41) is 0. The van der Waals surface area contributed by atoms with Gasteiger partial charge in [0, 0.05) is 26.2 Å². The molecule has 23 heavy (non-hydrogen) atoms. The van der Waals surface area contributed by atoms with E-state index in [-0.39, 0.29) is 18.1 Å². The van der Waals surface area contributed by atoms with Crippen LogP contribution in [0.5, 0.6) is 0 Å². The van der Waals surface area contributed by atoms with Crippen molar-refractivity contribution in [3.05, 3.63) is 35.4 Å². The largest absolute Gasteiger partial charge is 0.371 e. The van der Waals surface area contributed by atoms with Gasteiger partial charge >= 0.3 is 0 Å². The minimum absolute atomic E-state index is 0.147. The molecule has 6 heteroatoms. The summed E-state index contributed by atoms with van der Waals surface area (Å²) in [5.41, 5.74) is 0.606. The molecular weight excluding hydrogens is 302 g/mol. The average molecular weight is 324 g/mol. The van der Waals surface area contributed by atoms with Crippen molar-refractivity contribution in [2.75, 3.05) is 32.8 Å². The number of ether oxygens (including phenoxy) is 1. The van der Waals surface area contributed by atoms with Gasteiger partial charge in [0.25, 0.3) is 0 Å². The van der Waals surface area contributed by atoms with Gasteiger partial charge in [-0.15, -0.1) is 0 Å². The minimum atomic E-state index is -0.871. The van der Waals surface area contributed by atoms with E-state index < -0.39 is 11.6 Å². The van der Waals surface area contributed by atoms with Gasteiger partial charge in [0.2, 0.25) is 5.91 Å². The maximum atomic E-state index is 13.4. The number of rotatable bonds is 3. The molecule has 0 radical (unpaired) electrons. The molecule has 1 amide bonds. The molecule has 2 unspecified atom stereocenters. The minimum Gasteiger partial charge on any atom is -0.371 e. The van der Waals surface area contributed by atoms with Crippen LogP contribution in [0.3, 0.4) is 0 Å². The Bertz CT molecular complexity index is 576. The summed E-state index contributed by atoms with van der Waals surface area (Å²) in [6, 6.07) is 3.62. The molecule has 2 aliphatic heterocycles. The topological polar surface area (TPSA) is 32.8 Å². The Kier molecular flexibility index (Phi) is 4.92. The average Bonchev–Trinajstić information content (AvgIpc) is 3.10. The first kappa shape index (κ1) is 16.3. The lowest BCUT2D eigenvalue weighted by Gasteiger charge is -2.37. The first-order chi connectivity index (χ1) is 11.1. The number of halogens is 2. The van der Waals surface area contributed by atoms with Crippen LogP contribution >= 0.6 is 0 Å². The Hall–Kier alpha value is -1.53. The first-order valence-corrected chi connectivity index (χ1v) is 8.15. The maximum Gasteiger partial charge on any atom is 0.239 e. The highest BCUT2D eigenvalue weighted by Crippen LogP contribution is 2.25. The molecule has 2 aliphatic rings. The van der Waals surface area contributed by atoms with Crippen molar-refractivity contribution in [3.63, 3.8) is 0 Å². The molecule has 4 nitrogen and oxygen atoms in total. The first-order valence-electron chi connectivity index (χ1n) is 8.15. The number of hydrogen-bond donors (Lipinski definition) is 0. The predicted molar refractivity (Wildman–Crippen MR) is 81.9 cm³/mol. The van der Waals surface area contributed by atoms with Gasteiger partial charge < -0.3 is 9.64 Å². The van der Waals surface area contributed by atoms with E-state index >= 15 is 0 Å². The Balaban J connectivity index is 1.67. The van der Waals surface area contributed by atoms with Crippen LogP contribution in [-0.2, 0) is 9.53 Å². The molecule has 2 heterocycles. The molecule has 2 atom stereocenters. The number of hydrogen-bond acceptors (Lipinski definition) is 3. The Morgan fingerprint density at radius 1 is 1.22 bits per heavy atom. The third-order valence-corrected chi connectivity index (χ3v) is 4.74. The smallest absolute Gasteiger partial charge is 0.239 e. The van der Waals surface area contributed by atoms with Crippen LogP contribution < -0.4 is 0 Å². The molecule has 126 valence electrons. The lowest BCUT2D eigenvalue weighted by Crippen LogP contribution is -2.50. The third-order valence-electron chi connectivity index (χ3n) is 4.74. The zero-order chi connectivity index (χ0) is 16.4. The van der Waals surface area contributed by atoms with Crippen LogP contribution in [-0.4, -0.2) is 54.5 Å². The number of amides is 1. The number of benzene rings is 1. The molecule has 2 fully saturated rings. The fourth-order valence-corrected chi connectivity index (χ4v) is 3.29. The van der Waals surface area contributed by atoms with Crippen molar-refractivity contribution in [2.24, 2.45) is 0 Å². The van der Waals surface area contributed by atoms with Crippen molar-refractivity contribution >= 4 is 5.91 Å². The fourth-order valence-electron chi connectivity index (χ4n) is 3.29. The summed E-state index contributed by atoms with van der Waals surface area (Å²) in [6.45, 7) is 5.22. The number of morpholine rings is 1. The molecule has 1 aromatic rings. The predicted octanol–water partition coefficient (Wildman–Crippen LogP) is 2.35. The summed E-state index contributed by atoms with van der Waals surface area (Å²) in [5.74, 6) is -1.59. The molecule has 0 aliphatic carbocycles. The van der Waals surface area contributed by atoms with Gasteiger partial charge in [-0.2, -0.15) is 0 Å². The van der Waals surface area contributed by atoms with E-state index in [1.807, 2.05) is 11.8 Å². The summed E-state index contributed by atoms with van der Waals surface area (Å²) in [7, 11) is 0. The second kappa shape index (κ2) is 6.93. The van der Waals surface area contributed by atoms with E-state index in [1.165, 1.54) is 6.07 Å². The van der Waals surface area contributed by atoms with Crippen LogP contribution in [0.2, 0.25) is 0 Å². The molecule has 0 spiro atoms. The Morgan fingerprint density at radius 3 is 2.65 bits per heavy atom. The number of carbonyl (C=O) groups is 1. The summed E-state index contributed by atoms with van der Waals surface area (Å²) >= 11 is 0. The van der Waals surface area contributed by atoms with Crippen LogP contribution in [0.15, 0.2) is 18.2 Å². The van der Waals surface area contributed by atoms with Gasteiger partial charge in [0.05, 0.1) is 18.8 Å². The molecule has 0 N–H and O–H groups in total. The van der Waals surface area contributed by atoms with Gasteiger partial charge in [-0.1, -0.05) is 6.07 Å². The molecule has 2 saturated heterocycles.